The number of thioether (sulfide) groups is 1. The second-order valence-corrected chi connectivity index (χ2v) is 11.2. The normalized spacial score (nSPS) is 38.3. The van der Waals surface area contributed by atoms with E-state index in [1.165, 1.54) is 44.5 Å². The predicted molar refractivity (Wildman–Crippen MR) is 128 cm³/mol. The second-order valence-electron chi connectivity index (χ2n) is 10.3. The number of amidine groups is 1. The van der Waals surface area contributed by atoms with Gasteiger partial charge in [-0.1, -0.05) is 6.08 Å². The first kappa shape index (κ1) is 21.8. The molecule has 5 aliphatic heterocycles. The number of nitrogens with one attached hydrogen (secondary N) is 2. The van der Waals surface area contributed by atoms with Crippen LogP contribution in [-0.2, 0) is 4.79 Å². The molecule has 7 atom stereocenters. The summed E-state index contributed by atoms with van der Waals surface area (Å²) < 4.78 is 0. The van der Waals surface area contributed by atoms with Gasteiger partial charge in [0, 0.05) is 56.4 Å². The van der Waals surface area contributed by atoms with Gasteiger partial charge in [0.25, 0.3) is 0 Å². The van der Waals surface area contributed by atoms with E-state index in [4.69, 9.17) is 4.99 Å². The number of piperidine rings is 2. The van der Waals surface area contributed by atoms with E-state index in [1.54, 1.807) is 6.92 Å². The van der Waals surface area contributed by atoms with Crippen LogP contribution in [0.3, 0.4) is 0 Å². The summed E-state index contributed by atoms with van der Waals surface area (Å²) in [5, 5.41) is 8.98. The largest absolute Gasteiger partial charge is 0.355 e. The molecule has 1 amide bonds. The molecule has 0 aromatic carbocycles. The van der Waals surface area contributed by atoms with Gasteiger partial charge in [0.2, 0.25) is 5.91 Å². The molecule has 5 rings (SSSR count). The Balaban J connectivity index is 1.22. The van der Waals surface area contributed by atoms with E-state index < -0.39 is 0 Å². The molecule has 0 radical (unpaired) electrons. The van der Waals surface area contributed by atoms with Gasteiger partial charge in [0.05, 0.1) is 17.9 Å². The Labute approximate surface area is 191 Å². The minimum atomic E-state index is 0.107. The van der Waals surface area contributed by atoms with Crippen LogP contribution in [0.5, 0.6) is 0 Å². The Morgan fingerprint density at radius 2 is 2.16 bits per heavy atom. The molecule has 6 unspecified atom stereocenters. The molecule has 0 aromatic rings. The van der Waals surface area contributed by atoms with Crippen LogP contribution in [0.25, 0.3) is 0 Å². The molecule has 2 bridgehead atoms. The summed E-state index contributed by atoms with van der Waals surface area (Å²) in [5.74, 6) is 3.70. The first-order valence-corrected chi connectivity index (χ1v) is 13.5. The number of carbonyl (C=O) groups excluding carboxylic acids is 1. The Hall–Kier alpha value is -1.05. The van der Waals surface area contributed by atoms with Gasteiger partial charge in [-0.2, -0.15) is 0 Å². The molecular formula is C24H39N5OS. The van der Waals surface area contributed by atoms with Gasteiger partial charge in [-0.3, -0.25) is 14.7 Å². The van der Waals surface area contributed by atoms with E-state index in [0.717, 1.165) is 43.8 Å². The molecular weight excluding hydrogens is 406 g/mol. The van der Waals surface area contributed by atoms with Crippen LogP contribution in [-0.4, -0.2) is 83.7 Å². The van der Waals surface area contributed by atoms with Crippen LogP contribution in [0.1, 0.15) is 52.4 Å². The average molecular weight is 446 g/mol. The van der Waals surface area contributed by atoms with Crippen molar-refractivity contribution < 1.29 is 4.79 Å². The van der Waals surface area contributed by atoms with Crippen molar-refractivity contribution in [2.24, 2.45) is 16.8 Å². The lowest BCUT2D eigenvalue weighted by Crippen LogP contribution is -2.53. The molecule has 0 saturated carbocycles. The van der Waals surface area contributed by atoms with Crippen LogP contribution in [0.15, 0.2) is 16.5 Å². The SMILES string of the molecule is CC(=O)N[C@@H](CCN1C2CCC(CN3C(C)=NC4CNCCC43)C1CC2)C1C=CSC1. The second kappa shape index (κ2) is 9.44. The summed E-state index contributed by atoms with van der Waals surface area (Å²) in [6.45, 7) is 8.35. The summed E-state index contributed by atoms with van der Waals surface area (Å²) in [6.07, 6.45) is 9.99. The first-order chi connectivity index (χ1) is 15.1. The van der Waals surface area contributed by atoms with Gasteiger partial charge >= 0.3 is 0 Å². The number of nitrogens with zero attached hydrogens (tertiary/aromatic N) is 3. The summed E-state index contributed by atoms with van der Waals surface area (Å²) >= 11 is 1.87. The molecule has 3 fully saturated rings. The minimum absolute atomic E-state index is 0.107. The Kier molecular flexibility index (Phi) is 6.63. The lowest BCUT2D eigenvalue weighted by Gasteiger charge is -2.44. The third kappa shape index (κ3) is 4.55. The predicted octanol–water partition coefficient (Wildman–Crippen LogP) is 2.47. The van der Waals surface area contributed by atoms with E-state index in [9.17, 15) is 4.79 Å². The van der Waals surface area contributed by atoms with Crippen LogP contribution >= 0.6 is 11.8 Å². The van der Waals surface area contributed by atoms with Gasteiger partial charge in [0.1, 0.15) is 0 Å². The topological polar surface area (TPSA) is 60.0 Å². The molecule has 3 saturated heterocycles. The van der Waals surface area contributed by atoms with Crippen molar-refractivity contribution in [2.75, 3.05) is 31.9 Å². The number of rotatable bonds is 7. The van der Waals surface area contributed by atoms with Gasteiger partial charge in [-0.15, -0.1) is 11.8 Å². The van der Waals surface area contributed by atoms with Crippen molar-refractivity contribution in [3.05, 3.63) is 11.5 Å². The molecule has 7 heteroatoms. The summed E-state index contributed by atoms with van der Waals surface area (Å²) in [4.78, 5) is 22.3. The zero-order valence-corrected chi connectivity index (χ0v) is 19.9. The Bertz CT molecular complexity index is 727. The van der Waals surface area contributed by atoms with Crippen LogP contribution in [0, 0.1) is 11.8 Å². The van der Waals surface area contributed by atoms with Crippen LogP contribution in [0.2, 0.25) is 0 Å². The highest BCUT2D eigenvalue weighted by molar-refractivity contribution is 8.02. The van der Waals surface area contributed by atoms with Gasteiger partial charge in [-0.25, -0.2) is 0 Å². The third-order valence-electron chi connectivity index (χ3n) is 8.43. The minimum Gasteiger partial charge on any atom is -0.355 e. The van der Waals surface area contributed by atoms with Crippen LogP contribution in [0.4, 0.5) is 0 Å². The zero-order valence-electron chi connectivity index (χ0n) is 19.1. The zero-order chi connectivity index (χ0) is 21.4. The first-order valence-electron chi connectivity index (χ1n) is 12.4. The molecule has 31 heavy (non-hydrogen) atoms. The number of amides is 1. The highest BCUT2D eigenvalue weighted by Gasteiger charge is 2.45. The molecule has 172 valence electrons. The molecule has 6 nitrogen and oxygen atoms in total. The van der Waals surface area contributed by atoms with Crippen molar-refractivity contribution >= 4 is 23.5 Å². The molecule has 2 N–H and O–H groups in total. The van der Waals surface area contributed by atoms with Gasteiger partial charge in [-0.05, 0) is 63.3 Å². The Morgan fingerprint density at radius 1 is 1.29 bits per heavy atom. The molecule has 0 aromatic heterocycles. The number of carbonyl (C=O) groups is 1. The van der Waals surface area contributed by atoms with Gasteiger partial charge in [0.15, 0.2) is 0 Å². The van der Waals surface area contributed by atoms with Crippen molar-refractivity contribution in [1.82, 2.24) is 20.4 Å². The Morgan fingerprint density at radius 3 is 2.97 bits per heavy atom. The number of hydrogen-bond donors (Lipinski definition) is 2. The maximum absolute atomic E-state index is 11.8. The summed E-state index contributed by atoms with van der Waals surface area (Å²) in [7, 11) is 0. The van der Waals surface area contributed by atoms with Gasteiger partial charge < -0.3 is 15.5 Å². The number of aliphatic imine (C=N–C) groups is 1. The van der Waals surface area contributed by atoms with Crippen molar-refractivity contribution in [2.45, 2.75) is 82.6 Å². The highest BCUT2D eigenvalue weighted by Crippen LogP contribution is 2.41. The smallest absolute Gasteiger partial charge is 0.217 e. The highest BCUT2D eigenvalue weighted by atomic mass is 32.2. The molecule has 0 aliphatic carbocycles. The van der Waals surface area contributed by atoms with E-state index in [-0.39, 0.29) is 11.9 Å². The standard InChI is InChI=1S/C24H39N5OS/c1-16-26-22-13-25-10-7-24(22)29(16)14-18-3-4-20-5-6-23(18)28(20)11-8-21(27-17(2)30)19-9-12-31-15-19/h9,12,18-25H,3-8,10-11,13-15H2,1-2H3,(H,27,30)/t18?,19?,20?,21-,22?,23?,24?/m0/s1. The quantitative estimate of drug-likeness (QED) is 0.630. The maximum Gasteiger partial charge on any atom is 0.217 e. The lowest BCUT2D eigenvalue weighted by molar-refractivity contribution is -0.119. The fourth-order valence-corrected chi connectivity index (χ4v) is 7.90. The molecule has 0 spiro atoms. The fourth-order valence-electron chi connectivity index (χ4n) is 6.91. The summed E-state index contributed by atoms with van der Waals surface area (Å²) in [6, 6.07) is 2.81. The van der Waals surface area contributed by atoms with Crippen molar-refractivity contribution in [3.8, 4) is 0 Å². The maximum atomic E-state index is 11.8. The number of hydrogen-bond acceptors (Lipinski definition) is 6. The van der Waals surface area contributed by atoms with E-state index in [1.807, 2.05) is 11.8 Å². The molecule has 5 aliphatic rings. The van der Waals surface area contributed by atoms with Crippen molar-refractivity contribution in [3.63, 3.8) is 0 Å². The summed E-state index contributed by atoms with van der Waals surface area (Å²) in [5.41, 5.74) is 0. The van der Waals surface area contributed by atoms with Crippen molar-refractivity contribution in [1.29, 1.82) is 0 Å². The average Bonchev–Trinajstić information content (AvgIpc) is 3.45. The van der Waals surface area contributed by atoms with E-state index >= 15 is 0 Å². The number of fused-ring (bicyclic) bond motifs is 3. The molecule has 5 heterocycles. The van der Waals surface area contributed by atoms with E-state index in [0.29, 0.717) is 24.0 Å². The monoisotopic (exact) mass is 445 g/mol. The van der Waals surface area contributed by atoms with Crippen LogP contribution < -0.4 is 10.6 Å². The van der Waals surface area contributed by atoms with E-state index in [2.05, 4.69) is 38.8 Å². The fraction of sp³-hybridized carbons (Fsp3) is 0.833. The third-order valence-corrected chi connectivity index (χ3v) is 9.36. The lowest BCUT2D eigenvalue weighted by atomic mass is 9.88.